The molecule has 11 heteroatoms. The van der Waals surface area contributed by atoms with Crippen molar-refractivity contribution < 1.29 is 26.3 Å². The van der Waals surface area contributed by atoms with E-state index in [9.17, 15) is 21.6 Å². The minimum atomic E-state index is -4.63. The summed E-state index contributed by atoms with van der Waals surface area (Å²) in [4.78, 5) is 1.70. The highest BCUT2D eigenvalue weighted by Crippen LogP contribution is 2.34. The molecule has 2 fully saturated rings. The van der Waals surface area contributed by atoms with Crippen molar-refractivity contribution >= 4 is 15.9 Å². The van der Waals surface area contributed by atoms with E-state index in [1.807, 2.05) is 13.8 Å². The summed E-state index contributed by atoms with van der Waals surface area (Å²) in [6.45, 7) is 5.05. The summed E-state index contributed by atoms with van der Waals surface area (Å²) in [6, 6.07) is 5.13. The maximum absolute atomic E-state index is 13.2. The highest BCUT2D eigenvalue weighted by Gasteiger charge is 2.38. The number of rotatable bonds is 3. The maximum Gasteiger partial charge on any atom is 0.417 e. The molecule has 1 aromatic carbocycles. The molecule has 0 N–H and O–H groups in total. The molecule has 2 aliphatic rings. The van der Waals surface area contributed by atoms with Gasteiger partial charge in [0.2, 0.25) is 0 Å². The first-order valence-electron chi connectivity index (χ1n) is 9.29. The number of hydrogen-bond donors (Lipinski definition) is 0. The zero-order chi connectivity index (χ0) is 21.4. The van der Waals surface area contributed by atoms with E-state index in [-0.39, 0.29) is 51.5 Å². The SMILES string of the molecule is CC1CN(S(=O)(=O)N2CCN(c3ccc(C#N)c(C(F)(F)F)c3)CC2)CC(C)O1. The molecule has 0 aliphatic carbocycles. The van der Waals surface area contributed by atoms with Crippen LogP contribution in [0.25, 0.3) is 0 Å². The van der Waals surface area contributed by atoms with Gasteiger partial charge in [-0.25, -0.2) is 0 Å². The summed E-state index contributed by atoms with van der Waals surface area (Å²) >= 11 is 0. The molecule has 0 spiro atoms. The van der Waals surface area contributed by atoms with Crippen molar-refractivity contribution in [3.05, 3.63) is 29.3 Å². The monoisotopic (exact) mass is 432 g/mol. The van der Waals surface area contributed by atoms with Crippen molar-refractivity contribution in [3.63, 3.8) is 0 Å². The Kier molecular flexibility index (Phi) is 6.10. The Hall–Kier alpha value is -1.87. The van der Waals surface area contributed by atoms with Crippen molar-refractivity contribution in [1.82, 2.24) is 8.61 Å². The highest BCUT2D eigenvalue weighted by molar-refractivity contribution is 7.86. The van der Waals surface area contributed by atoms with Crippen LogP contribution in [0.5, 0.6) is 0 Å². The lowest BCUT2D eigenvalue weighted by Gasteiger charge is -2.40. The molecular weight excluding hydrogens is 409 g/mol. The number of alkyl halides is 3. The molecule has 160 valence electrons. The molecule has 2 atom stereocenters. The van der Waals surface area contributed by atoms with E-state index >= 15 is 0 Å². The van der Waals surface area contributed by atoms with Crippen LogP contribution in [0.4, 0.5) is 18.9 Å². The van der Waals surface area contributed by atoms with E-state index in [1.165, 1.54) is 14.7 Å². The standard InChI is InChI=1S/C18H23F3N4O3S/c1-13-11-25(12-14(2)28-13)29(26,27)24-7-5-23(6-8-24)16-4-3-15(10-22)17(9-16)18(19,20)21/h3-4,9,13-14H,5-8,11-12H2,1-2H3. The Morgan fingerprint density at radius 3 is 2.17 bits per heavy atom. The van der Waals surface area contributed by atoms with Crippen LogP contribution in [-0.2, 0) is 21.1 Å². The summed E-state index contributed by atoms with van der Waals surface area (Å²) in [5.74, 6) is 0. The largest absolute Gasteiger partial charge is 0.417 e. The second-order valence-electron chi connectivity index (χ2n) is 7.31. The van der Waals surface area contributed by atoms with Gasteiger partial charge in [-0.05, 0) is 32.0 Å². The summed E-state index contributed by atoms with van der Waals surface area (Å²) in [5, 5.41) is 8.92. The van der Waals surface area contributed by atoms with Gasteiger partial charge in [-0.15, -0.1) is 0 Å². The first-order valence-corrected chi connectivity index (χ1v) is 10.7. The number of nitrogens with zero attached hydrogens (tertiary/aromatic N) is 4. The predicted octanol–water partition coefficient (Wildman–Crippen LogP) is 2.05. The minimum absolute atomic E-state index is 0.170. The second-order valence-corrected chi connectivity index (χ2v) is 9.24. The van der Waals surface area contributed by atoms with Crippen molar-refractivity contribution in [2.24, 2.45) is 0 Å². The van der Waals surface area contributed by atoms with Gasteiger partial charge in [-0.3, -0.25) is 0 Å². The maximum atomic E-state index is 13.2. The number of nitriles is 1. The third-order valence-electron chi connectivity index (χ3n) is 5.07. The summed E-state index contributed by atoms with van der Waals surface area (Å²) < 4.78 is 73.8. The molecule has 0 radical (unpaired) electrons. The normalized spacial score (nSPS) is 25.0. The van der Waals surface area contributed by atoms with Gasteiger partial charge in [0.15, 0.2) is 0 Å². The molecule has 0 bridgehead atoms. The third kappa shape index (κ3) is 4.66. The quantitative estimate of drug-likeness (QED) is 0.731. The fourth-order valence-electron chi connectivity index (χ4n) is 3.72. The average Bonchev–Trinajstić information content (AvgIpc) is 2.66. The van der Waals surface area contributed by atoms with Gasteiger partial charge in [0.25, 0.3) is 10.2 Å². The zero-order valence-corrected chi connectivity index (χ0v) is 17.0. The number of piperazine rings is 1. The van der Waals surface area contributed by atoms with E-state index in [0.717, 1.165) is 12.1 Å². The smallest absolute Gasteiger partial charge is 0.373 e. The van der Waals surface area contributed by atoms with Crippen LogP contribution in [0.2, 0.25) is 0 Å². The molecule has 2 unspecified atom stereocenters. The van der Waals surface area contributed by atoms with Gasteiger partial charge >= 0.3 is 6.18 Å². The van der Waals surface area contributed by atoms with Crippen LogP contribution in [0.15, 0.2) is 18.2 Å². The first-order chi connectivity index (χ1) is 13.5. The van der Waals surface area contributed by atoms with E-state index in [4.69, 9.17) is 10.00 Å². The Morgan fingerprint density at radius 1 is 1.07 bits per heavy atom. The zero-order valence-electron chi connectivity index (χ0n) is 16.2. The molecule has 0 aromatic heterocycles. The van der Waals surface area contributed by atoms with Crippen molar-refractivity contribution in [3.8, 4) is 6.07 Å². The molecule has 2 aliphatic heterocycles. The van der Waals surface area contributed by atoms with E-state index < -0.39 is 27.5 Å². The summed E-state index contributed by atoms with van der Waals surface area (Å²) in [6.07, 6.45) is -5.03. The summed E-state index contributed by atoms with van der Waals surface area (Å²) in [7, 11) is -3.66. The molecular formula is C18H23F3N4O3S. The van der Waals surface area contributed by atoms with Gasteiger partial charge in [0, 0.05) is 45.0 Å². The van der Waals surface area contributed by atoms with E-state index in [1.54, 1.807) is 11.0 Å². The first kappa shape index (κ1) is 21.8. The van der Waals surface area contributed by atoms with Crippen LogP contribution in [0.1, 0.15) is 25.0 Å². The van der Waals surface area contributed by atoms with Crippen LogP contribution in [-0.4, -0.2) is 68.5 Å². The lowest BCUT2D eigenvalue weighted by Crippen LogP contribution is -2.57. The van der Waals surface area contributed by atoms with Gasteiger partial charge in [-0.2, -0.15) is 35.5 Å². The Balaban J connectivity index is 1.72. The van der Waals surface area contributed by atoms with Crippen molar-refractivity contribution in [2.45, 2.75) is 32.2 Å². The minimum Gasteiger partial charge on any atom is -0.373 e. The Morgan fingerprint density at radius 2 is 1.66 bits per heavy atom. The number of benzene rings is 1. The van der Waals surface area contributed by atoms with Crippen LogP contribution >= 0.6 is 0 Å². The molecule has 0 saturated carbocycles. The number of halogens is 3. The number of hydrogen-bond acceptors (Lipinski definition) is 5. The van der Waals surface area contributed by atoms with E-state index in [0.29, 0.717) is 5.69 Å². The molecule has 7 nitrogen and oxygen atoms in total. The van der Waals surface area contributed by atoms with Crippen LogP contribution < -0.4 is 4.90 Å². The van der Waals surface area contributed by atoms with Crippen LogP contribution in [0.3, 0.4) is 0 Å². The van der Waals surface area contributed by atoms with Gasteiger partial charge < -0.3 is 9.64 Å². The van der Waals surface area contributed by atoms with Crippen molar-refractivity contribution in [1.29, 1.82) is 5.26 Å². The molecule has 3 rings (SSSR count). The fraction of sp³-hybridized carbons (Fsp3) is 0.611. The van der Waals surface area contributed by atoms with E-state index in [2.05, 4.69) is 0 Å². The highest BCUT2D eigenvalue weighted by atomic mass is 32.2. The van der Waals surface area contributed by atoms with Crippen molar-refractivity contribution in [2.75, 3.05) is 44.2 Å². The lowest BCUT2D eigenvalue weighted by molar-refractivity contribution is -0.137. The Bertz CT molecular complexity index is 883. The lowest BCUT2D eigenvalue weighted by atomic mass is 10.1. The molecule has 0 amide bonds. The van der Waals surface area contributed by atoms with Gasteiger partial charge in [-0.1, -0.05) is 0 Å². The molecule has 2 saturated heterocycles. The summed E-state index contributed by atoms with van der Waals surface area (Å²) in [5.41, 5.74) is -1.09. The average molecular weight is 432 g/mol. The number of ether oxygens (including phenoxy) is 1. The number of morpholine rings is 1. The third-order valence-corrected chi connectivity index (χ3v) is 7.04. The van der Waals surface area contributed by atoms with Gasteiger partial charge in [0.1, 0.15) is 0 Å². The second kappa shape index (κ2) is 8.10. The topological polar surface area (TPSA) is 76.9 Å². The Labute approximate surface area is 168 Å². The molecule has 2 heterocycles. The van der Waals surface area contributed by atoms with Gasteiger partial charge in [0.05, 0.1) is 29.4 Å². The predicted molar refractivity (Wildman–Crippen MR) is 100 cm³/mol. The molecule has 29 heavy (non-hydrogen) atoms. The number of anilines is 1. The molecule has 1 aromatic rings. The van der Waals surface area contributed by atoms with Crippen LogP contribution in [0, 0.1) is 11.3 Å². The fourth-order valence-corrected chi connectivity index (χ4v) is 5.47.